The monoisotopic (exact) mass is 450 g/mol. The molecule has 0 bridgehead atoms. The summed E-state index contributed by atoms with van der Waals surface area (Å²) < 4.78 is 33.0. The van der Waals surface area contributed by atoms with Crippen LogP contribution in [0, 0.1) is 0 Å². The van der Waals surface area contributed by atoms with Crippen molar-refractivity contribution >= 4 is 27.5 Å². The largest absolute Gasteiger partial charge is 0.496 e. The molecule has 1 atom stereocenters. The number of hydrogen-bond acceptors (Lipinski definition) is 4. The van der Waals surface area contributed by atoms with Crippen LogP contribution >= 0.6 is 11.6 Å². The number of sulfonamides is 1. The molecule has 1 amide bonds. The minimum Gasteiger partial charge on any atom is -0.496 e. The molecule has 0 unspecified atom stereocenters. The highest BCUT2D eigenvalue weighted by Gasteiger charge is 2.34. The van der Waals surface area contributed by atoms with Crippen molar-refractivity contribution in [3.05, 3.63) is 59.1 Å². The van der Waals surface area contributed by atoms with Gasteiger partial charge >= 0.3 is 0 Å². The Morgan fingerprint density at radius 1 is 1.17 bits per heavy atom. The number of carbonyl (C=O) groups is 1. The summed E-state index contributed by atoms with van der Waals surface area (Å²) in [5.41, 5.74) is 1.02. The third-order valence-electron chi connectivity index (χ3n) is 5.32. The fraction of sp³-hybridized carbons (Fsp3) is 0.409. The van der Waals surface area contributed by atoms with E-state index in [4.69, 9.17) is 16.3 Å². The van der Waals surface area contributed by atoms with Crippen LogP contribution in [0.2, 0.25) is 5.02 Å². The number of nitrogens with one attached hydrogen (secondary N) is 1. The lowest BCUT2D eigenvalue weighted by Gasteiger charge is -2.34. The zero-order valence-corrected chi connectivity index (χ0v) is 18.6. The molecule has 8 heteroatoms. The molecule has 1 aliphatic rings. The first-order valence-corrected chi connectivity index (χ1v) is 11.9. The van der Waals surface area contributed by atoms with Gasteiger partial charge in [-0.1, -0.05) is 36.2 Å². The molecular formula is C22H27ClN2O4S. The molecule has 0 spiro atoms. The Labute approximate surface area is 183 Å². The number of carbonyl (C=O) groups excluding carboxylic acids is 1. The van der Waals surface area contributed by atoms with E-state index in [-0.39, 0.29) is 23.3 Å². The lowest BCUT2D eigenvalue weighted by atomic mass is 10.0. The fourth-order valence-corrected chi connectivity index (χ4v) is 5.59. The molecule has 6 nitrogen and oxygen atoms in total. The number of benzene rings is 2. The van der Waals surface area contributed by atoms with Crippen molar-refractivity contribution in [3.63, 3.8) is 0 Å². The zero-order valence-electron chi connectivity index (χ0n) is 17.0. The molecule has 2 aromatic carbocycles. The van der Waals surface area contributed by atoms with Gasteiger partial charge in [0.15, 0.2) is 0 Å². The smallest absolute Gasteiger partial charge is 0.243 e. The Balaban J connectivity index is 1.61. The van der Waals surface area contributed by atoms with Crippen molar-refractivity contribution < 1.29 is 17.9 Å². The Hall–Kier alpha value is -2.09. The molecule has 2 aromatic rings. The normalized spacial score (nSPS) is 17.5. The van der Waals surface area contributed by atoms with Crippen LogP contribution in [0.5, 0.6) is 5.75 Å². The maximum atomic E-state index is 13.1. The number of methoxy groups -OCH3 is 1. The molecule has 162 valence electrons. The van der Waals surface area contributed by atoms with Gasteiger partial charge in [-0.25, -0.2) is 8.42 Å². The number of rotatable bonds is 8. The summed E-state index contributed by atoms with van der Waals surface area (Å²) in [6.07, 6.45) is 3.17. The Morgan fingerprint density at radius 2 is 1.90 bits per heavy atom. The molecule has 0 aromatic heterocycles. The molecule has 30 heavy (non-hydrogen) atoms. The summed E-state index contributed by atoms with van der Waals surface area (Å²) in [6, 6.07) is 13.5. The van der Waals surface area contributed by atoms with Crippen LogP contribution in [-0.2, 0) is 21.2 Å². The molecule has 1 aliphatic heterocycles. The fourth-order valence-electron chi connectivity index (χ4n) is 3.77. The molecular weight excluding hydrogens is 424 g/mol. The number of piperidine rings is 1. The van der Waals surface area contributed by atoms with Crippen LogP contribution in [-0.4, -0.2) is 44.9 Å². The van der Waals surface area contributed by atoms with Crippen molar-refractivity contribution in [2.75, 3.05) is 20.2 Å². The van der Waals surface area contributed by atoms with E-state index in [1.807, 2.05) is 24.3 Å². The number of amides is 1. The van der Waals surface area contributed by atoms with Crippen LogP contribution in [0.15, 0.2) is 53.4 Å². The number of para-hydroxylation sites is 1. The lowest BCUT2D eigenvalue weighted by molar-refractivity contribution is -0.122. The molecule has 1 N–H and O–H groups in total. The van der Waals surface area contributed by atoms with Gasteiger partial charge < -0.3 is 10.1 Å². The van der Waals surface area contributed by atoms with Gasteiger partial charge in [0.25, 0.3) is 0 Å². The number of nitrogens with zero attached hydrogens (tertiary/aromatic N) is 1. The average molecular weight is 451 g/mol. The summed E-state index contributed by atoms with van der Waals surface area (Å²) in [4.78, 5) is 12.7. The van der Waals surface area contributed by atoms with Gasteiger partial charge in [0, 0.05) is 30.6 Å². The second kappa shape index (κ2) is 10.3. The van der Waals surface area contributed by atoms with E-state index in [1.165, 1.54) is 16.4 Å². The van der Waals surface area contributed by atoms with Crippen molar-refractivity contribution in [1.29, 1.82) is 0 Å². The molecule has 1 heterocycles. The first-order chi connectivity index (χ1) is 14.4. The topological polar surface area (TPSA) is 75.7 Å². The van der Waals surface area contributed by atoms with Crippen LogP contribution in [0.25, 0.3) is 0 Å². The Bertz CT molecular complexity index is 963. The van der Waals surface area contributed by atoms with Crippen molar-refractivity contribution in [3.8, 4) is 5.75 Å². The number of ether oxygens (including phenoxy) is 1. The predicted octanol–water partition coefficient (Wildman–Crippen LogP) is 3.64. The van der Waals surface area contributed by atoms with Gasteiger partial charge in [0.05, 0.1) is 12.0 Å². The third-order valence-corrected chi connectivity index (χ3v) is 7.54. The lowest BCUT2D eigenvalue weighted by Crippen LogP contribution is -2.46. The van der Waals surface area contributed by atoms with Crippen molar-refractivity contribution in [2.45, 2.75) is 43.0 Å². The van der Waals surface area contributed by atoms with Crippen molar-refractivity contribution in [1.82, 2.24) is 9.62 Å². The second-order valence-electron chi connectivity index (χ2n) is 7.34. The summed E-state index contributed by atoms with van der Waals surface area (Å²) >= 11 is 5.89. The highest BCUT2D eigenvalue weighted by molar-refractivity contribution is 7.89. The van der Waals surface area contributed by atoms with Gasteiger partial charge in [-0.3, -0.25) is 4.79 Å². The standard InChI is InChI=1S/C22H27ClN2O4S/c1-29-21-8-3-2-6-17(21)13-14-24-22(26)16-19-7-4-5-15-25(19)30(27,28)20-11-9-18(23)10-12-20/h2-3,6,8-12,19H,4-5,7,13-16H2,1H3,(H,24,26)/t19-/m0/s1. The van der Waals surface area contributed by atoms with Gasteiger partial charge in [0.2, 0.25) is 15.9 Å². The average Bonchev–Trinajstić information content (AvgIpc) is 2.74. The molecule has 0 radical (unpaired) electrons. The van der Waals surface area contributed by atoms with Crippen molar-refractivity contribution in [2.24, 2.45) is 0 Å². The first-order valence-electron chi connectivity index (χ1n) is 10.1. The van der Waals surface area contributed by atoms with Crippen LogP contribution in [0.4, 0.5) is 0 Å². The SMILES string of the molecule is COc1ccccc1CCNC(=O)C[C@@H]1CCCCN1S(=O)(=O)c1ccc(Cl)cc1. The highest BCUT2D eigenvalue weighted by Crippen LogP contribution is 2.27. The van der Waals surface area contributed by atoms with E-state index in [0.717, 1.165) is 24.2 Å². The molecule has 0 aliphatic carbocycles. The minimum atomic E-state index is -3.67. The Kier molecular flexibility index (Phi) is 7.75. The summed E-state index contributed by atoms with van der Waals surface area (Å²) in [6.45, 7) is 0.889. The minimum absolute atomic E-state index is 0.145. The maximum Gasteiger partial charge on any atom is 0.243 e. The summed E-state index contributed by atoms with van der Waals surface area (Å²) in [5.74, 6) is 0.646. The quantitative estimate of drug-likeness (QED) is 0.666. The van der Waals surface area contributed by atoms with E-state index in [9.17, 15) is 13.2 Å². The molecule has 1 saturated heterocycles. The number of hydrogen-bond donors (Lipinski definition) is 1. The van der Waals surface area contributed by atoms with E-state index >= 15 is 0 Å². The van der Waals surface area contributed by atoms with E-state index in [0.29, 0.717) is 31.0 Å². The number of halogens is 1. The Morgan fingerprint density at radius 3 is 2.63 bits per heavy atom. The van der Waals surface area contributed by atoms with Gasteiger partial charge in [0.1, 0.15) is 5.75 Å². The second-order valence-corrected chi connectivity index (χ2v) is 9.66. The molecule has 0 saturated carbocycles. The third kappa shape index (κ3) is 5.53. The molecule has 3 rings (SSSR count). The summed E-state index contributed by atoms with van der Waals surface area (Å²) in [5, 5.41) is 3.40. The highest BCUT2D eigenvalue weighted by atomic mass is 35.5. The first kappa shape index (κ1) is 22.6. The van der Waals surface area contributed by atoms with Crippen LogP contribution in [0.1, 0.15) is 31.2 Å². The van der Waals surface area contributed by atoms with Crippen LogP contribution in [0.3, 0.4) is 0 Å². The van der Waals surface area contributed by atoms with E-state index in [2.05, 4.69) is 5.32 Å². The van der Waals surface area contributed by atoms with E-state index in [1.54, 1.807) is 19.2 Å². The van der Waals surface area contributed by atoms with Gasteiger partial charge in [-0.05, 0) is 55.2 Å². The molecule has 1 fully saturated rings. The predicted molar refractivity (Wildman–Crippen MR) is 117 cm³/mol. The summed E-state index contributed by atoms with van der Waals surface area (Å²) in [7, 11) is -2.05. The van der Waals surface area contributed by atoms with Gasteiger partial charge in [-0.15, -0.1) is 0 Å². The van der Waals surface area contributed by atoms with Crippen LogP contribution < -0.4 is 10.1 Å². The van der Waals surface area contributed by atoms with E-state index < -0.39 is 10.0 Å². The maximum absolute atomic E-state index is 13.1. The van der Waals surface area contributed by atoms with Gasteiger partial charge in [-0.2, -0.15) is 4.31 Å². The zero-order chi connectivity index (χ0) is 21.6.